The van der Waals surface area contributed by atoms with Gasteiger partial charge < -0.3 is 10.4 Å². The number of nitrogens with one attached hydrogen (secondary N) is 1. The lowest BCUT2D eigenvalue weighted by Gasteiger charge is -2.08. The molecule has 0 aliphatic carbocycles. The van der Waals surface area contributed by atoms with Crippen LogP contribution >= 0.6 is 31.9 Å². The standard InChI is InChI=1S/C15H11Br2NO3/c1-8-2-3-12(7-13(8)15(20)21)18-14(19)9-4-10(16)6-11(17)5-9/h2-7H,1H3,(H,18,19)(H,20,21). The molecule has 108 valence electrons. The van der Waals surface area contributed by atoms with Crippen LogP contribution < -0.4 is 5.32 Å². The minimum atomic E-state index is -1.02. The summed E-state index contributed by atoms with van der Waals surface area (Å²) in [4.78, 5) is 23.3. The Morgan fingerprint density at radius 1 is 1.05 bits per heavy atom. The molecule has 2 aromatic carbocycles. The van der Waals surface area contributed by atoms with Gasteiger partial charge >= 0.3 is 5.97 Å². The number of benzene rings is 2. The molecular weight excluding hydrogens is 402 g/mol. The van der Waals surface area contributed by atoms with Crippen LogP contribution in [0.1, 0.15) is 26.3 Å². The Kier molecular flexibility index (Phi) is 4.80. The zero-order valence-corrected chi connectivity index (χ0v) is 14.2. The number of rotatable bonds is 3. The molecule has 0 aliphatic heterocycles. The van der Waals surface area contributed by atoms with E-state index in [9.17, 15) is 9.59 Å². The molecule has 0 saturated heterocycles. The Labute approximate surface area is 138 Å². The summed E-state index contributed by atoms with van der Waals surface area (Å²) in [5.74, 6) is -1.33. The van der Waals surface area contributed by atoms with Gasteiger partial charge in [0.2, 0.25) is 0 Å². The summed E-state index contributed by atoms with van der Waals surface area (Å²) >= 11 is 6.64. The molecule has 2 aromatic rings. The zero-order chi connectivity index (χ0) is 15.6. The molecule has 6 heteroatoms. The van der Waals surface area contributed by atoms with Gasteiger partial charge in [-0.15, -0.1) is 0 Å². The molecule has 0 fully saturated rings. The van der Waals surface area contributed by atoms with Crippen molar-refractivity contribution in [2.45, 2.75) is 6.92 Å². The quantitative estimate of drug-likeness (QED) is 0.781. The van der Waals surface area contributed by atoms with Crippen molar-refractivity contribution in [3.8, 4) is 0 Å². The minimum Gasteiger partial charge on any atom is -0.478 e. The number of aromatic carboxylic acids is 1. The van der Waals surface area contributed by atoms with Gasteiger partial charge in [0.05, 0.1) is 5.56 Å². The summed E-state index contributed by atoms with van der Waals surface area (Å²) < 4.78 is 1.55. The van der Waals surface area contributed by atoms with E-state index in [0.29, 0.717) is 16.8 Å². The van der Waals surface area contributed by atoms with Crippen molar-refractivity contribution >= 4 is 49.4 Å². The number of hydrogen-bond acceptors (Lipinski definition) is 2. The predicted molar refractivity (Wildman–Crippen MR) is 87.9 cm³/mol. The highest BCUT2D eigenvalue weighted by molar-refractivity contribution is 9.11. The maximum absolute atomic E-state index is 12.2. The third-order valence-corrected chi connectivity index (χ3v) is 3.77. The van der Waals surface area contributed by atoms with Crippen LogP contribution in [-0.4, -0.2) is 17.0 Å². The van der Waals surface area contributed by atoms with Gasteiger partial charge in [-0.3, -0.25) is 4.79 Å². The van der Waals surface area contributed by atoms with Crippen LogP contribution in [0, 0.1) is 6.92 Å². The van der Waals surface area contributed by atoms with Gasteiger partial charge in [-0.2, -0.15) is 0 Å². The Bertz CT molecular complexity index is 709. The number of carbonyl (C=O) groups excluding carboxylic acids is 1. The van der Waals surface area contributed by atoms with Gasteiger partial charge in [0, 0.05) is 20.2 Å². The van der Waals surface area contributed by atoms with E-state index in [1.54, 1.807) is 31.2 Å². The van der Waals surface area contributed by atoms with Gasteiger partial charge in [0.1, 0.15) is 0 Å². The molecule has 0 unspecified atom stereocenters. The molecule has 2 rings (SSSR count). The van der Waals surface area contributed by atoms with E-state index in [1.165, 1.54) is 6.07 Å². The first-order chi connectivity index (χ1) is 9.86. The molecule has 21 heavy (non-hydrogen) atoms. The topological polar surface area (TPSA) is 66.4 Å². The summed E-state index contributed by atoms with van der Waals surface area (Å²) in [6.07, 6.45) is 0. The Balaban J connectivity index is 2.27. The number of aryl methyl sites for hydroxylation is 1. The van der Waals surface area contributed by atoms with E-state index in [4.69, 9.17) is 5.11 Å². The van der Waals surface area contributed by atoms with Crippen LogP contribution in [0.3, 0.4) is 0 Å². The Morgan fingerprint density at radius 3 is 2.24 bits per heavy atom. The van der Waals surface area contributed by atoms with E-state index in [-0.39, 0.29) is 11.5 Å². The summed E-state index contributed by atoms with van der Waals surface area (Å²) in [5, 5.41) is 11.8. The molecule has 1 amide bonds. The van der Waals surface area contributed by atoms with E-state index in [2.05, 4.69) is 37.2 Å². The number of halogens is 2. The highest BCUT2D eigenvalue weighted by Gasteiger charge is 2.11. The third-order valence-electron chi connectivity index (χ3n) is 2.85. The van der Waals surface area contributed by atoms with Gasteiger partial charge in [-0.1, -0.05) is 37.9 Å². The molecule has 0 aromatic heterocycles. The number of hydrogen-bond donors (Lipinski definition) is 2. The number of carbonyl (C=O) groups is 2. The molecule has 0 saturated carbocycles. The van der Waals surface area contributed by atoms with Crippen molar-refractivity contribution < 1.29 is 14.7 Å². The lowest BCUT2D eigenvalue weighted by Crippen LogP contribution is -2.13. The average molecular weight is 413 g/mol. The van der Waals surface area contributed by atoms with Gasteiger partial charge in [0.15, 0.2) is 0 Å². The highest BCUT2D eigenvalue weighted by atomic mass is 79.9. The largest absolute Gasteiger partial charge is 0.478 e. The average Bonchev–Trinajstić information content (AvgIpc) is 2.39. The van der Waals surface area contributed by atoms with Crippen molar-refractivity contribution in [1.29, 1.82) is 0 Å². The smallest absolute Gasteiger partial charge is 0.336 e. The Hall–Kier alpha value is -1.66. The fraction of sp³-hybridized carbons (Fsp3) is 0.0667. The van der Waals surface area contributed by atoms with E-state index in [1.807, 2.05) is 6.07 Å². The highest BCUT2D eigenvalue weighted by Crippen LogP contribution is 2.22. The first-order valence-corrected chi connectivity index (χ1v) is 7.57. The first-order valence-electron chi connectivity index (χ1n) is 5.98. The molecule has 0 aliphatic rings. The molecule has 0 bridgehead atoms. The number of anilines is 1. The van der Waals surface area contributed by atoms with Crippen LogP contribution in [0.4, 0.5) is 5.69 Å². The summed E-state index contributed by atoms with van der Waals surface area (Å²) in [7, 11) is 0. The summed E-state index contributed by atoms with van der Waals surface area (Å²) in [6, 6.07) is 9.98. The normalized spacial score (nSPS) is 10.2. The number of amides is 1. The van der Waals surface area contributed by atoms with Crippen molar-refractivity contribution in [2.75, 3.05) is 5.32 Å². The van der Waals surface area contributed by atoms with Crippen LogP contribution in [0.5, 0.6) is 0 Å². The van der Waals surface area contributed by atoms with Gasteiger partial charge in [-0.05, 0) is 42.8 Å². The second-order valence-corrected chi connectivity index (χ2v) is 6.28. The fourth-order valence-electron chi connectivity index (χ4n) is 1.82. The first kappa shape index (κ1) is 15.7. The van der Waals surface area contributed by atoms with Crippen molar-refractivity contribution in [1.82, 2.24) is 0 Å². The Morgan fingerprint density at radius 2 is 1.67 bits per heavy atom. The predicted octanol–water partition coefficient (Wildman–Crippen LogP) is 4.47. The molecule has 0 atom stereocenters. The number of carboxylic acid groups (broad SMARTS) is 1. The van der Waals surface area contributed by atoms with Crippen LogP contribution in [0.2, 0.25) is 0 Å². The maximum Gasteiger partial charge on any atom is 0.336 e. The SMILES string of the molecule is Cc1ccc(NC(=O)c2cc(Br)cc(Br)c2)cc1C(=O)O. The zero-order valence-electron chi connectivity index (χ0n) is 11.0. The van der Waals surface area contributed by atoms with Gasteiger partial charge in [0.25, 0.3) is 5.91 Å². The van der Waals surface area contributed by atoms with Crippen LogP contribution in [0.25, 0.3) is 0 Å². The van der Waals surface area contributed by atoms with Crippen molar-refractivity contribution in [2.24, 2.45) is 0 Å². The lowest BCUT2D eigenvalue weighted by atomic mass is 10.1. The fourth-order valence-corrected chi connectivity index (χ4v) is 3.11. The summed E-state index contributed by atoms with van der Waals surface area (Å²) in [5.41, 5.74) is 1.72. The van der Waals surface area contributed by atoms with E-state index < -0.39 is 5.97 Å². The van der Waals surface area contributed by atoms with Crippen molar-refractivity contribution in [3.05, 3.63) is 62.0 Å². The van der Waals surface area contributed by atoms with Crippen LogP contribution in [-0.2, 0) is 0 Å². The van der Waals surface area contributed by atoms with Gasteiger partial charge in [-0.25, -0.2) is 4.79 Å². The third kappa shape index (κ3) is 3.92. The molecule has 0 spiro atoms. The minimum absolute atomic E-state index is 0.170. The lowest BCUT2D eigenvalue weighted by molar-refractivity contribution is 0.0695. The van der Waals surface area contributed by atoms with E-state index in [0.717, 1.165) is 8.95 Å². The molecule has 0 heterocycles. The van der Waals surface area contributed by atoms with E-state index >= 15 is 0 Å². The van der Waals surface area contributed by atoms with Crippen molar-refractivity contribution in [3.63, 3.8) is 0 Å². The summed E-state index contributed by atoms with van der Waals surface area (Å²) in [6.45, 7) is 1.71. The maximum atomic E-state index is 12.2. The number of carboxylic acids is 1. The molecule has 0 radical (unpaired) electrons. The molecule has 2 N–H and O–H groups in total. The monoisotopic (exact) mass is 411 g/mol. The molecule has 4 nitrogen and oxygen atoms in total. The molecular formula is C15H11Br2NO3. The van der Waals surface area contributed by atoms with Crippen LogP contribution in [0.15, 0.2) is 45.3 Å². The second-order valence-electron chi connectivity index (χ2n) is 4.45. The second kappa shape index (κ2) is 6.41.